The Bertz CT molecular complexity index is 3590. The fraction of sp³-hybridized carbons (Fsp3) is 0.0323. The van der Waals surface area contributed by atoms with Gasteiger partial charge in [-0.2, -0.15) is 0 Å². The molecule has 3 aliphatic rings. The normalized spacial score (nSPS) is 14.2. The summed E-state index contributed by atoms with van der Waals surface area (Å²) in [6, 6.07) is 87.6. The highest BCUT2D eigenvalue weighted by Gasteiger charge is 2.52. The zero-order valence-corrected chi connectivity index (χ0v) is 34.9. The van der Waals surface area contributed by atoms with Gasteiger partial charge in [-0.1, -0.05) is 200 Å². The molecule has 64 heavy (non-hydrogen) atoms. The smallest absolute Gasteiger partial charge is 0.159 e. The van der Waals surface area contributed by atoms with Gasteiger partial charge >= 0.3 is 0 Å². The van der Waals surface area contributed by atoms with Crippen molar-refractivity contribution in [1.29, 1.82) is 0 Å². The Labute approximate surface area is 372 Å². The monoisotopic (exact) mass is 813 g/mol. The minimum absolute atomic E-state index is 0.478. The molecule has 3 aliphatic carbocycles. The number of hydrogen-bond donors (Lipinski definition) is 0. The maximum absolute atomic E-state index is 6.89. The number of nitrogens with zero attached hydrogens (tertiary/aromatic N) is 1. The summed E-state index contributed by atoms with van der Waals surface area (Å²) in [7, 11) is 0. The number of furan rings is 1. The lowest BCUT2D eigenvalue weighted by molar-refractivity contribution is 0.669. The summed E-state index contributed by atoms with van der Waals surface area (Å²) in [5.41, 5.74) is 21.9. The fourth-order valence-corrected chi connectivity index (χ4v) is 12.1. The lowest BCUT2D eigenvalue weighted by Crippen LogP contribution is -2.28. The molecule has 2 nitrogen and oxygen atoms in total. The van der Waals surface area contributed by atoms with Crippen molar-refractivity contribution in [2.45, 2.75) is 10.8 Å². The minimum atomic E-state index is -0.495. The van der Waals surface area contributed by atoms with E-state index in [-0.39, 0.29) is 0 Å². The van der Waals surface area contributed by atoms with Crippen LogP contribution in [0.4, 0.5) is 17.1 Å². The molecule has 10 aromatic carbocycles. The second-order valence-electron chi connectivity index (χ2n) is 17.5. The topological polar surface area (TPSA) is 16.4 Å². The van der Waals surface area contributed by atoms with Crippen LogP contribution < -0.4 is 4.90 Å². The zero-order valence-electron chi connectivity index (χ0n) is 34.9. The molecule has 11 aromatic rings. The van der Waals surface area contributed by atoms with Gasteiger partial charge < -0.3 is 9.32 Å². The SMILES string of the molecule is c1ccc(C2(c3ccccc3)c3ccccc3-c3cc(N(c4ccc5c(c4)C4(c6ccccc6-c6ccccc64)c4ccccc4-5)c4cccc5c4oc4ccccc45)ccc32)cc1. The molecule has 0 amide bonds. The maximum Gasteiger partial charge on any atom is 0.159 e. The number of hydrogen-bond acceptors (Lipinski definition) is 2. The van der Waals surface area contributed by atoms with Crippen LogP contribution in [0, 0.1) is 0 Å². The van der Waals surface area contributed by atoms with E-state index in [0.29, 0.717) is 0 Å². The number of rotatable bonds is 5. The van der Waals surface area contributed by atoms with Gasteiger partial charge in [-0.3, -0.25) is 0 Å². The van der Waals surface area contributed by atoms with E-state index >= 15 is 0 Å². The van der Waals surface area contributed by atoms with E-state index in [0.717, 1.165) is 39.0 Å². The lowest BCUT2D eigenvalue weighted by atomic mass is 9.68. The van der Waals surface area contributed by atoms with Crippen LogP contribution in [0.2, 0.25) is 0 Å². The van der Waals surface area contributed by atoms with E-state index in [1.807, 2.05) is 0 Å². The van der Waals surface area contributed by atoms with Crippen molar-refractivity contribution in [2.24, 2.45) is 0 Å². The van der Waals surface area contributed by atoms with Crippen LogP contribution >= 0.6 is 0 Å². The van der Waals surface area contributed by atoms with Crippen molar-refractivity contribution in [3.63, 3.8) is 0 Å². The molecule has 0 aliphatic heterocycles. The van der Waals surface area contributed by atoms with Crippen LogP contribution in [0.25, 0.3) is 55.3 Å². The standard InChI is InChI=1S/C62H39NO/c1-3-18-40(19-4-1)61(41-20-5-2-6-21-41)52-28-12-10-25-47(52)51-38-42(35-37-56(51)61)63(58-32-17-27-50-49-26-11-16-33-59(49)64-60(50)58)43-34-36-48-46-24-9-15-31-55(46)62(57(48)39-43)53-29-13-7-22-44(53)45-23-8-14-30-54(45)62/h1-39H. The third-order valence-electron chi connectivity index (χ3n) is 14.6. The molecule has 0 bridgehead atoms. The second-order valence-corrected chi connectivity index (χ2v) is 17.5. The molecule has 2 heteroatoms. The summed E-state index contributed by atoms with van der Waals surface area (Å²) in [5, 5.41) is 2.21. The molecule has 1 aromatic heterocycles. The van der Waals surface area contributed by atoms with Crippen LogP contribution in [0.5, 0.6) is 0 Å². The molecule has 0 saturated heterocycles. The first-order valence-corrected chi connectivity index (χ1v) is 22.3. The predicted octanol–water partition coefficient (Wildman–Crippen LogP) is 15.8. The molecule has 0 radical (unpaired) electrons. The van der Waals surface area contributed by atoms with Crippen molar-refractivity contribution in [1.82, 2.24) is 0 Å². The van der Waals surface area contributed by atoms with Crippen LogP contribution in [0.15, 0.2) is 241 Å². The van der Waals surface area contributed by atoms with Gasteiger partial charge in [0, 0.05) is 22.1 Å². The van der Waals surface area contributed by atoms with Gasteiger partial charge in [-0.25, -0.2) is 0 Å². The quantitative estimate of drug-likeness (QED) is 0.172. The second kappa shape index (κ2) is 13.2. The maximum atomic E-state index is 6.89. The van der Waals surface area contributed by atoms with Gasteiger partial charge in [-0.05, 0) is 114 Å². The first-order valence-electron chi connectivity index (χ1n) is 22.3. The molecular formula is C62H39NO. The highest BCUT2D eigenvalue weighted by Crippen LogP contribution is 2.64. The van der Waals surface area contributed by atoms with Crippen molar-refractivity contribution in [3.8, 4) is 33.4 Å². The highest BCUT2D eigenvalue weighted by molar-refractivity contribution is 6.10. The Hall–Kier alpha value is -8.20. The van der Waals surface area contributed by atoms with E-state index in [4.69, 9.17) is 4.42 Å². The Balaban J connectivity index is 1.06. The first-order chi connectivity index (χ1) is 31.8. The summed E-state index contributed by atoms with van der Waals surface area (Å²) in [5.74, 6) is 0. The van der Waals surface area contributed by atoms with Crippen molar-refractivity contribution in [3.05, 3.63) is 281 Å². The largest absolute Gasteiger partial charge is 0.454 e. The Morgan fingerprint density at radius 3 is 1.38 bits per heavy atom. The van der Waals surface area contributed by atoms with Gasteiger partial charge in [0.2, 0.25) is 0 Å². The van der Waals surface area contributed by atoms with E-state index < -0.39 is 10.8 Å². The molecule has 0 unspecified atom stereocenters. The highest BCUT2D eigenvalue weighted by atomic mass is 16.3. The third-order valence-corrected chi connectivity index (χ3v) is 14.6. The Kier molecular flexibility index (Phi) is 7.28. The van der Waals surface area contributed by atoms with Gasteiger partial charge in [-0.15, -0.1) is 0 Å². The molecule has 0 fully saturated rings. The number of fused-ring (bicyclic) bond motifs is 16. The van der Waals surface area contributed by atoms with Crippen molar-refractivity contribution in [2.75, 3.05) is 4.90 Å². The molecular weight excluding hydrogens is 775 g/mol. The Morgan fingerprint density at radius 1 is 0.297 bits per heavy atom. The van der Waals surface area contributed by atoms with Gasteiger partial charge in [0.1, 0.15) is 5.58 Å². The van der Waals surface area contributed by atoms with Crippen molar-refractivity contribution >= 4 is 39.0 Å². The van der Waals surface area contributed by atoms with Gasteiger partial charge in [0.25, 0.3) is 0 Å². The first kappa shape index (κ1) is 35.4. The summed E-state index contributed by atoms with van der Waals surface area (Å²) in [4.78, 5) is 2.45. The third kappa shape index (κ3) is 4.49. The predicted molar refractivity (Wildman–Crippen MR) is 262 cm³/mol. The average Bonchev–Trinajstić information content (AvgIpc) is 4.08. The Morgan fingerprint density at radius 2 is 0.750 bits per heavy atom. The number of para-hydroxylation sites is 2. The zero-order chi connectivity index (χ0) is 42.0. The van der Waals surface area contributed by atoms with E-state index in [2.05, 4.69) is 241 Å². The molecule has 298 valence electrons. The summed E-state index contributed by atoms with van der Waals surface area (Å²) in [6.45, 7) is 0. The molecule has 1 spiro atoms. The fourth-order valence-electron chi connectivity index (χ4n) is 12.1. The van der Waals surface area contributed by atoms with Crippen LogP contribution in [-0.2, 0) is 10.8 Å². The molecule has 14 rings (SSSR count). The minimum Gasteiger partial charge on any atom is -0.454 e. The number of anilines is 3. The molecule has 0 N–H and O–H groups in total. The van der Waals surface area contributed by atoms with Crippen LogP contribution in [0.1, 0.15) is 44.5 Å². The summed E-state index contributed by atoms with van der Waals surface area (Å²) >= 11 is 0. The summed E-state index contributed by atoms with van der Waals surface area (Å²) in [6.07, 6.45) is 0. The van der Waals surface area contributed by atoms with E-state index in [1.54, 1.807) is 0 Å². The molecule has 0 saturated carbocycles. The van der Waals surface area contributed by atoms with E-state index in [1.165, 1.54) is 77.9 Å². The van der Waals surface area contributed by atoms with Crippen LogP contribution in [0.3, 0.4) is 0 Å². The lowest BCUT2D eigenvalue weighted by Gasteiger charge is -2.34. The van der Waals surface area contributed by atoms with E-state index in [9.17, 15) is 0 Å². The summed E-state index contributed by atoms with van der Waals surface area (Å²) < 4.78 is 6.89. The number of benzene rings is 10. The molecule has 1 heterocycles. The van der Waals surface area contributed by atoms with Gasteiger partial charge in [0.05, 0.1) is 16.5 Å². The van der Waals surface area contributed by atoms with Gasteiger partial charge in [0.15, 0.2) is 5.58 Å². The average molecular weight is 814 g/mol. The van der Waals surface area contributed by atoms with Crippen molar-refractivity contribution < 1.29 is 4.42 Å². The van der Waals surface area contributed by atoms with Crippen LogP contribution in [-0.4, -0.2) is 0 Å². The molecule has 0 atom stereocenters.